The number of rotatable bonds is 9. The standard InChI is InChI=1S/C31H37NO5/c1-6-15-36-26-14-13-22(18-27(26)35-5)29-28(31(34)37-19(3)7-2)20(4)32-24-16-23(17-25(33)30(24)29)21-11-9-8-10-12-21/h8-14,18-19,23,29,32H,6-7,15-17H2,1-5H3/t19-,23+,29-/m1/s1. The average Bonchev–Trinajstić information content (AvgIpc) is 2.91. The Kier molecular flexibility index (Phi) is 8.37. The Morgan fingerprint density at radius 1 is 1.05 bits per heavy atom. The number of methoxy groups -OCH3 is 1. The number of nitrogens with one attached hydrogen (secondary N) is 1. The third-order valence-electron chi connectivity index (χ3n) is 7.18. The number of dihydropyridines is 1. The molecule has 2 aromatic carbocycles. The van der Waals surface area contributed by atoms with Gasteiger partial charge in [-0.25, -0.2) is 4.79 Å². The summed E-state index contributed by atoms with van der Waals surface area (Å²) >= 11 is 0. The number of ketones is 1. The van der Waals surface area contributed by atoms with E-state index < -0.39 is 11.9 Å². The van der Waals surface area contributed by atoms with Gasteiger partial charge in [0.15, 0.2) is 17.3 Å². The number of benzene rings is 2. The zero-order valence-electron chi connectivity index (χ0n) is 22.4. The van der Waals surface area contributed by atoms with Gasteiger partial charge in [0.2, 0.25) is 0 Å². The van der Waals surface area contributed by atoms with E-state index in [0.29, 0.717) is 54.2 Å². The summed E-state index contributed by atoms with van der Waals surface area (Å²) in [6.07, 6.45) is 2.44. The summed E-state index contributed by atoms with van der Waals surface area (Å²) in [5.74, 6) is 0.384. The molecular formula is C31H37NO5. The molecule has 0 saturated heterocycles. The van der Waals surface area contributed by atoms with Crippen molar-refractivity contribution in [3.05, 3.63) is 82.2 Å². The lowest BCUT2D eigenvalue weighted by Crippen LogP contribution is -2.36. The highest BCUT2D eigenvalue weighted by Crippen LogP contribution is 2.47. The van der Waals surface area contributed by atoms with Crippen LogP contribution in [0, 0.1) is 0 Å². The minimum absolute atomic E-state index is 0.0409. The van der Waals surface area contributed by atoms with Crippen LogP contribution in [0.25, 0.3) is 0 Å². The van der Waals surface area contributed by atoms with Crippen molar-refractivity contribution < 1.29 is 23.8 Å². The molecule has 0 aromatic heterocycles. The maximum absolute atomic E-state index is 13.8. The summed E-state index contributed by atoms with van der Waals surface area (Å²) in [5.41, 5.74) is 4.63. The van der Waals surface area contributed by atoms with Crippen molar-refractivity contribution in [1.82, 2.24) is 5.32 Å². The molecule has 2 aromatic rings. The molecule has 0 radical (unpaired) electrons. The quantitative estimate of drug-likeness (QED) is 0.412. The molecule has 37 heavy (non-hydrogen) atoms. The highest BCUT2D eigenvalue weighted by molar-refractivity contribution is 6.04. The number of hydrogen-bond donors (Lipinski definition) is 1. The van der Waals surface area contributed by atoms with Gasteiger partial charge in [0.05, 0.1) is 25.4 Å². The maximum atomic E-state index is 13.8. The fraction of sp³-hybridized carbons (Fsp3) is 0.419. The number of allylic oxidation sites excluding steroid dienone is 3. The fourth-order valence-electron chi connectivity index (χ4n) is 5.13. The predicted octanol–water partition coefficient (Wildman–Crippen LogP) is 6.19. The van der Waals surface area contributed by atoms with Crippen molar-refractivity contribution in [1.29, 1.82) is 0 Å². The zero-order valence-corrected chi connectivity index (χ0v) is 22.4. The van der Waals surface area contributed by atoms with Crippen molar-refractivity contribution in [2.45, 2.75) is 71.3 Å². The van der Waals surface area contributed by atoms with Crippen LogP contribution in [0.3, 0.4) is 0 Å². The second-order valence-electron chi connectivity index (χ2n) is 9.81. The second kappa shape index (κ2) is 11.7. The topological polar surface area (TPSA) is 73.9 Å². The predicted molar refractivity (Wildman–Crippen MR) is 144 cm³/mol. The summed E-state index contributed by atoms with van der Waals surface area (Å²) in [6.45, 7) is 8.36. The summed E-state index contributed by atoms with van der Waals surface area (Å²) < 4.78 is 17.3. The van der Waals surface area contributed by atoms with E-state index in [-0.39, 0.29) is 17.8 Å². The molecule has 1 N–H and O–H groups in total. The van der Waals surface area contributed by atoms with Crippen molar-refractivity contribution in [3.63, 3.8) is 0 Å². The van der Waals surface area contributed by atoms with E-state index in [1.807, 2.05) is 64.1 Å². The van der Waals surface area contributed by atoms with Gasteiger partial charge in [-0.3, -0.25) is 4.79 Å². The molecule has 0 saturated carbocycles. The van der Waals surface area contributed by atoms with Gasteiger partial charge in [0.1, 0.15) is 0 Å². The van der Waals surface area contributed by atoms with Crippen LogP contribution in [0.1, 0.15) is 76.3 Å². The first-order valence-corrected chi connectivity index (χ1v) is 13.2. The van der Waals surface area contributed by atoms with Crippen molar-refractivity contribution in [3.8, 4) is 11.5 Å². The van der Waals surface area contributed by atoms with E-state index in [1.54, 1.807) is 7.11 Å². The Morgan fingerprint density at radius 3 is 2.49 bits per heavy atom. The largest absolute Gasteiger partial charge is 0.493 e. The lowest BCUT2D eigenvalue weighted by atomic mass is 9.71. The minimum atomic E-state index is -0.550. The van der Waals surface area contributed by atoms with E-state index in [4.69, 9.17) is 14.2 Å². The smallest absolute Gasteiger partial charge is 0.337 e. The van der Waals surface area contributed by atoms with Crippen molar-refractivity contribution >= 4 is 11.8 Å². The molecule has 0 fully saturated rings. The van der Waals surface area contributed by atoms with Gasteiger partial charge in [0.25, 0.3) is 0 Å². The van der Waals surface area contributed by atoms with Crippen LogP contribution >= 0.6 is 0 Å². The molecule has 0 amide bonds. The normalized spacial score (nSPS) is 20.2. The second-order valence-corrected chi connectivity index (χ2v) is 9.81. The van der Waals surface area contributed by atoms with Gasteiger partial charge in [0, 0.05) is 29.3 Å². The van der Waals surface area contributed by atoms with Gasteiger partial charge in [-0.05, 0) is 62.3 Å². The molecule has 6 nitrogen and oxygen atoms in total. The Balaban J connectivity index is 1.80. The lowest BCUT2D eigenvalue weighted by Gasteiger charge is -2.37. The van der Waals surface area contributed by atoms with E-state index in [9.17, 15) is 9.59 Å². The van der Waals surface area contributed by atoms with Gasteiger partial charge in [-0.15, -0.1) is 0 Å². The van der Waals surface area contributed by atoms with Crippen molar-refractivity contribution in [2.75, 3.05) is 13.7 Å². The molecule has 4 rings (SSSR count). The van der Waals surface area contributed by atoms with E-state index >= 15 is 0 Å². The highest BCUT2D eigenvalue weighted by Gasteiger charge is 2.42. The van der Waals surface area contributed by atoms with Gasteiger partial charge in [-0.2, -0.15) is 0 Å². The molecule has 1 aliphatic carbocycles. The molecule has 1 heterocycles. The molecular weight excluding hydrogens is 466 g/mol. The first-order chi connectivity index (χ1) is 17.9. The molecule has 1 aliphatic heterocycles. The Hall–Kier alpha value is -3.54. The lowest BCUT2D eigenvalue weighted by molar-refractivity contribution is -0.144. The zero-order chi connectivity index (χ0) is 26.5. The maximum Gasteiger partial charge on any atom is 0.337 e. The van der Waals surface area contributed by atoms with E-state index in [0.717, 1.165) is 23.2 Å². The average molecular weight is 504 g/mol. The Bertz CT molecular complexity index is 1210. The number of esters is 1. The number of hydrogen-bond acceptors (Lipinski definition) is 6. The molecule has 0 unspecified atom stereocenters. The molecule has 6 heteroatoms. The Morgan fingerprint density at radius 2 is 1.81 bits per heavy atom. The van der Waals surface area contributed by atoms with Crippen LogP contribution in [-0.2, 0) is 14.3 Å². The molecule has 0 bridgehead atoms. The molecule has 2 aliphatic rings. The monoisotopic (exact) mass is 503 g/mol. The van der Waals surface area contributed by atoms with E-state index in [2.05, 4.69) is 17.4 Å². The first kappa shape index (κ1) is 26.5. The van der Waals surface area contributed by atoms with Crippen LogP contribution in [0.4, 0.5) is 0 Å². The summed E-state index contributed by atoms with van der Waals surface area (Å²) in [5, 5.41) is 3.42. The minimum Gasteiger partial charge on any atom is -0.493 e. The highest BCUT2D eigenvalue weighted by atomic mass is 16.5. The third kappa shape index (κ3) is 5.58. The number of carbonyl (C=O) groups is 2. The number of carbonyl (C=O) groups excluding carboxylic acids is 2. The molecule has 0 spiro atoms. The van der Waals surface area contributed by atoms with Crippen LogP contribution in [0.2, 0.25) is 0 Å². The van der Waals surface area contributed by atoms with Gasteiger partial charge >= 0.3 is 5.97 Å². The summed E-state index contributed by atoms with van der Waals surface area (Å²) in [4.78, 5) is 27.3. The van der Waals surface area contributed by atoms with Crippen molar-refractivity contribution in [2.24, 2.45) is 0 Å². The number of Topliss-reactive ketones (excluding diaryl/α,β-unsaturated/α-hetero) is 1. The van der Waals surface area contributed by atoms with Gasteiger partial charge < -0.3 is 19.5 Å². The fourth-order valence-corrected chi connectivity index (χ4v) is 5.13. The summed E-state index contributed by atoms with van der Waals surface area (Å²) in [7, 11) is 1.60. The SMILES string of the molecule is CCCOc1ccc([C@@H]2C(C(=O)O[C@H](C)CC)=C(C)NC3=C2C(=O)C[C@@H](c2ccccc2)C3)cc1OC. The van der Waals surface area contributed by atoms with Crippen LogP contribution in [0.15, 0.2) is 71.1 Å². The third-order valence-corrected chi connectivity index (χ3v) is 7.18. The number of ether oxygens (including phenoxy) is 3. The Labute approximate surface area is 219 Å². The van der Waals surface area contributed by atoms with Gasteiger partial charge in [-0.1, -0.05) is 50.2 Å². The first-order valence-electron chi connectivity index (χ1n) is 13.2. The molecule has 196 valence electrons. The van der Waals surface area contributed by atoms with Crippen LogP contribution < -0.4 is 14.8 Å². The van der Waals surface area contributed by atoms with E-state index in [1.165, 1.54) is 0 Å². The molecule has 3 atom stereocenters. The van der Waals surface area contributed by atoms with Crippen LogP contribution in [0.5, 0.6) is 11.5 Å². The summed E-state index contributed by atoms with van der Waals surface area (Å²) in [6, 6.07) is 15.8. The van der Waals surface area contributed by atoms with Crippen LogP contribution in [-0.4, -0.2) is 31.6 Å².